The van der Waals surface area contributed by atoms with Gasteiger partial charge < -0.3 is 4.57 Å². The fraction of sp³-hybridized carbons (Fsp3) is 0.111. The first-order valence-corrected chi connectivity index (χ1v) is 10.8. The van der Waals surface area contributed by atoms with Crippen molar-refractivity contribution in [3.05, 3.63) is 111 Å². The van der Waals surface area contributed by atoms with Gasteiger partial charge in [-0.1, -0.05) is 67.1 Å². The smallest absolute Gasteiger partial charge is 0.197 e. The van der Waals surface area contributed by atoms with Gasteiger partial charge in [0.2, 0.25) is 0 Å². The molecule has 158 valence electrons. The number of benzene rings is 3. The SMILES string of the molecule is CCc1cccc2c(C=C3C(=O)c4ccccc4C3=O)cn(Cc3c(F)cccc3Cl)c12. The lowest BCUT2D eigenvalue weighted by atomic mass is 10.0. The van der Waals surface area contributed by atoms with Crippen LogP contribution in [0, 0.1) is 5.82 Å². The third-order valence-electron chi connectivity index (χ3n) is 5.99. The Morgan fingerprint density at radius 3 is 2.28 bits per heavy atom. The molecule has 0 amide bonds. The number of Topliss-reactive ketones (excluding diaryl/α,β-unsaturated/α-hetero) is 2. The number of hydrogen-bond donors (Lipinski definition) is 0. The quantitative estimate of drug-likeness (QED) is 0.266. The number of nitrogens with zero attached hydrogens (tertiary/aromatic N) is 1. The lowest BCUT2D eigenvalue weighted by Crippen LogP contribution is -2.03. The van der Waals surface area contributed by atoms with E-state index in [1.807, 2.05) is 29.0 Å². The Morgan fingerprint density at radius 2 is 1.62 bits per heavy atom. The Balaban J connectivity index is 1.68. The highest BCUT2D eigenvalue weighted by Crippen LogP contribution is 2.33. The van der Waals surface area contributed by atoms with Crippen molar-refractivity contribution in [3.63, 3.8) is 0 Å². The highest BCUT2D eigenvalue weighted by molar-refractivity contribution is 6.41. The van der Waals surface area contributed by atoms with Crippen LogP contribution >= 0.6 is 11.6 Å². The van der Waals surface area contributed by atoms with Crippen LogP contribution in [0.5, 0.6) is 0 Å². The maximum Gasteiger partial charge on any atom is 0.197 e. The third kappa shape index (κ3) is 3.19. The van der Waals surface area contributed by atoms with E-state index >= 15 is 0 Å². The van der Waals surface area contributed by atoms with Gasteiger partial charge in [0.15, 0.2) is 11.6 Å². The molecule has 1 aliphatic carbocycles. The number of allylic oxidation sites excluding steroid dienone is 1. The van der Waals surface area contributed by atoms with E-state index in [1.54, 1.807) is 42.5 Å². The van der Waals surface area contributed by atoms with E-state index in [-0.39, 0.29) is 29.5 Å². The molecule has 3 nitrogen and oxygen atoms in total. The Hall–Kier alpha value is -3.50. The lowest BCUT2D eigenvalue weighted by molar-refractivity contribution is 0.0990. The van der Waals surface area contributed by atoms with Gasteiger partial charge in [-0.05, 0) is 30.2 Å². The summed E-state index contributed by atoms with van der Waals surface area (Å²) in [6.45, 7) is 2.30. The Kier molecular flexibility index (Phi) is 5.03. The molecule has 0 saturated carbocycles. The number of carbonyl (C=O) groups is 2. The van der Waals surface area contributed by atoms with Gasteiger partial charge in [-0.15, -0.1) is 0 Å². The molecule has 0 bridgehead atoms. The molecule has 5 rings (SSSR count). The van der Waals surface area contributed by atoms with Crippen molar-refractivity contribution in [2.75, 3.05) is 0 Å². The minimum absolute atomic E-state index is 0.149. The Labute approximate surface area is 189 Å². The summed E-state index contributed by atoms with van der Waals surface area (Å²) in [5.41, 5.74) is 4.18. The van der Waals surface area contributed by atoms with Gasteiger partial charge in [0.25, 0.3) is 0 Å². The number of aromatic nitrogens is 1. The van der Waals surface area contributed by atoms with Gasteiger partial charge in [-0.25, -0.2) is 4.39 Å². The first-order chi connectivity index (χ1) is 15.5. The van der Waals surface area contributed by atoms with Crippen molar-refractivity contribution in [1.82, 2.24) is 4.57 Å². The number of aryl methyl sites for hydroxylation is 1. The van der Waals surface area contributed by atoms with Gasteiger partial charge in [0, 0.05) is 38.9 Å². The summed E-state index contributed by atoms with van der Waals surface area (Å²) in [6, 6.07) is 17.4. The summed E-state index contributed by atoms with van der Waals surface area (Å²) in [5, 5.41) is 1.26. The summed E-state index contributed by atoms with van der Waals surface area (Å²) in [5.74, 6) is -0.907. The van der Waals surface area contributed by atoms with Crippen LogP contribution in [0.4, 0.5) is 4.39 Å². The van der Waals surface area contributed by atoms with Crippen LogP contribution in [0.15, 0.2) is 72.4 Å². The minimum atomic E-state index is -0.371. The highest BCUT2D eigenvalue weighted by atomic mass is 35.5. The molecule has 1 aromatic heterocycles. The zero-order valence-electron chi connectivity index (χ0n) is 17.4. The first-order valence-electron chi connectivity index (χ1n) is 10.4. The second-order valence-corrected chi connectivity index (χ2v) is 8.25. The molecule has 0 aliphatic heterocycles. The van der Waals surface area contributed by atoms with E-state index < -0.39 is 0 Å². The van der Waals surface area contributed by atoms with Gasteiger partial charge in [-0.3, -0.25) is 9.59 Å². The first kappa shape index (κ1) is 20.4. The fourth-order valence-corrected chi connectivity index (χ4v) is 4.63. The molecule has 0 N–H and O–H groups in total. The van der Waals surface area contributed by atoms with Crippen LogP contribution in [0.2, 0.25) is 5.02 Å². The maximum absolute atomic E-state index is 14.5. The predicted octanol–water partition coefficient (Wildman–Crippen LogP) is 6.51. The largest absolute Gasteiger partial charge is 0.342 e. The van der Waals surface area contributed by atoms with Crippen molar-refractivity contribution in [3.8, 4) is 0 Å². The molecule has 3 aromatic carbocycles. The van der Waals surface area contributed by atoms with E-state index in [1.165, 1.54) is 6.07 Å². The minimum Gasteiger partial charge on any atom is -0.342 e. The predicted molar refractivity (Wildman–Crippen MR) is 125 cm³/mol. The van der Waals surface area contributed by atoms with E-state index in [2.05, 4.69) is 6.92 Å². The van der Waals surface area contributed by atoms with Crippen molar-refractivity contribution in [2.24, 2.45) is 0 Å². The molecule has 0 radical (unpaired) electrons. The van der Waals surface area contributed by atoms with Crippen LogP contribution < -0.4 is 0 Å². The molecule has 32 heavy (non-hydrogen) atoms. The van der Waals surface area contributed by atoms with Crippen LogP contribution in [0.1, 0.15) is 44.3 Å². The van der Waals surface area contributed by atoms with Crippen molar-refractivity contribution >= 4 is 40.1 Å². The summed E-state index contributed by atoms with van der Waals surface area (Å²) in [6.07, 6.45) is 4.31. The second-order valence-electron chi connectivity index (χ2n) is 7.84. The van der Waals surface area contributed by atoms with E-state index in [0.29, 0.717) is 21.7 Å². The van der Waals surface area contributed by atoms with E-state index in [0.717, 1.165) is 28.5 Å². The zero-order chi connectivity index (χ0) is 22.4. The molecule has 0 unspecified atom stereocenters. The van der Waals surface area contributed by atoms with Crippen LogP contribution in [0.25, 0.3) is 17.0 Å². The number of halogens is 2. The van der Waals surface area contributed by atoms with Crippen LogP contribution in [-0.4, -0.2) is 16.1 Å². The van der Waals surface area contributed by atoms with E-state index in [4.69, 9.17) is 11.6 Å². The summed E-state index contributed by atoms with van der Waals surface area (Å²) in [7, 11) is 0. The summed E-state index contributed by atoms with van der Waals surface area (Å²) in [4.78, 5) is 25.8. The molecule has 0 spiro atoms. The van der Waals surface area contributed by atoms with Crippen LogP contribution in [-0.2, 0) is 13.0 Å². The normalized spacial score (nSPS) is 13.2. The molecule has 0 atom stereocenters. The molecular formula is C27H19ClFNO2. The monoisotopic (exact) mass is 443 g/mol. The number of rotatable bonds is 4. The van der Waals surface area contributed by atoms with Gasteiger partial charge >= 0.3 is 0 Å². The number of carbonyl (C=O) groups excluding carboxylic acids is 2. The number of para-hydroxylation sites is 1. The number of ketones is 2. The van der Waals surface area contributed by atoms with Crippen LogP contribution in [0.3, 0.4) is 0 Å². The fourth-order valence-electron chi connectivity index (χ4n) is 4.40. The number of fused-ring (bicyclic) bond motifs is 2. The third-order valence-corrected chi connectivity index (χ3v) is 6.34. The molecule has 5 heteroatoms. The topological polar surface area (TPSA) is 39.1 Å². The Morgan fingerprint density at radius 1 is 0.938 bits per heavy atom. The molecule has 1 heterocycles. The van der Waals surface area contributed by atoms with Gasteiger partial charge in [0.1, 0.15) is 5.82 Å². The van der Waals surface area contributed by atoms with Crippen molar-refractivity contribution in [2.45, 2.75) is 19.9 Å². The van der Waals surface area contributed by atoms with Gasteiger partial charge in [0.05, 0.1) is 17.6 Å². The summed E-state index contributed by atoms with van der Waals surface area (Å²) >= 11 is 6.28. The van der Waals surface area contributed by atoms with E-state index in [9.17, 15) is 14.0 Å². The average molecular weight is 444 g/mol. The molecule has 4 aromatic rings. The molecular weight excluding hydrogens is 425 g/mol. The molecule has 1 aliphatic rings. The van der Waals surface area contributed by atoms with Crippen molar-refractivity contribution in [1.29, 1.82) is 0 Å². The lowest BCUT2D eigenvalue weighted by Gasteiger charge is -2.11. The average Bonchev–Trinajstić information content (AvgIpc) is 3.27. The number of hydrogen-bond acceptors (Lipinski definition) is 2. The molecule has 0 saturated heterocycles. The zero-order valence-corrected chi connectivity index (χ0v) is 18.1. The highest BCUT2D eigenvalue weighted by Gasteiger charge is 2.32. The van der Waals surface area contributed by atoms with Crippen molar-refractivity contribution < 1.29 is 14.0 Å². The maximum atomic E-state index is 14.5. The standard InChI is InChI=1S/C27H19ClFNO2/c1-2-16-7-5-10-18-17(13-21-26(31)19-8-3-4-9-20(19)27(21)32)14-30(25(16)18)15-22-23(28)11-6-12-24(22)29/h3-14H,2,15H2,1H3. The Bertz CT molecular complexity index is 1390. The van der Waals surface area contributed by atoms with Gasteiger partial charge in [-0.2, -0.15) is 0 Å². The second kappa shape index (κ2) is 7.88. The summed E-state index contributed by atoms with van der Waals surface area (Å²) < 4.78 is 16.5. The molecule has 0 fully saturated rings.